The highest BCUT2D eigenvalue weighted by Gasteiger charge is 2.26. The topological polar surface area (TPSA) is 68.9 Å². The third-order valence-corrected chi connectivity index (χ3v) is 4.49. The van der Waals surface area contributed by atoms with Gasteiger partial charge < -0.3 is 19.0 Å². The fourth-order valence-corrected chi connectivity index (χ4v) is 2.71. The lowest BCUT2D eigenvalue weighted by atomic mass is 10.1. The van der Waals surface area contributed by atoms with Crippen LogP contribution in [0.15, 0.2) is 64.9 Å². The smallest absolute Gasteiger partial charge is 0.205 e. The molecule has 0 radical (unpaired) electrons. The Morgan fingerprint density at radius 2 is 1.64 bits per heavy atom. The minimum atomic E-state index is -0.739. The van der Waals surface area contributed by atoms with Gasteiger partial charge in [0.05, 0.1) is 5.39 Å². The van der Waals surface area contributed by atoms with Gasteiger partial charge in [-0.3, -0.25) is 4.79 Å². The zero-order valence-corrected chi connectivity index (χ0v) is 16.5. The van der Waals surface area contributed by atoms with E-state index in [-0.39, 0.29) is 33.1 Å². The molecule has 3 aromatic rings. The van der Waals surface area contributed by atoms with Crippen LogP contribution < -0.4 is 14.9 Å². The number of rotatable bonds is 6. The van der Waals surface area contributed by atoms with Gasteiger partial charge in [-0.05, 0) is 64.1 Å². The molecule has 2 aromatic carbocycles. The number of benzene rings is 2. The SMILES string of the molecule is C=CC(C)(C)Oc1ccc2c(=O)c3c(O)cccc3oc2c1OC(C)(C)C=C. The molecule has 1 aromatic heterocycles. The number of fused-ring (bicyclic) bond motifs is 2. The molecule has 5 heteroatoms. The third-order valence-electron chi connectivity index (χ3n) is 4.49. The molecule has 0 saturated carbocycles. The van der Waals surface area contributed by atoms with Crippen molar-refractivity contribution in [3.8, 4) is 17.2 Å². The first-order chi connectivity index (χ1) is 13.1. The first kappa shape index (κ1) is 19.5. The fraction of sp³-hybridized carbons (Fsp3) is 0.261. The molecule has 1 N–H and O–H groups in total. The minimum absolute atomic E-state index is 0.129. The molecule has 5 nitrogen and oxygen atoms in total. The Kier molecular flexibility index (Phi) is 4.71. The van der Waals surface area contributed by atoms with Crippen LogP contribution in [0.4, 0.5) is 0 Å². The number of phenolic OH excluding ortho intramolecular Hbond substituents is 1. The molecule has 0 bridgehead atoms. The maximum Gasteiger partial charge on any atom is 0.205 e. The van der Waals surface area contributed by atoms with Crippen LogP contribution in [0.5, 0.6) is 17.2 Å². The van der Waals surface area contributed by atoms with Gasteiger partial charge in [0.1, 0.15) is 27.9 Å². The Morgan fingerprint density at radius 3 is 2.29 bits per heavy atom. The van der Waals surface area contributed by atoms with Crippen molar-refractivity contribution in [1.82, 2.24) is 0 Å². The first-order valence-corrected chi connectivity index (χ1v) is 8.95. The van der Waals surface area contributed by atoms with Crippen molar-refractivity contribution in [2.45, 2.75) is 38.9 Å². The number of hydrogen-bond acceptors (Lipinski definition) is 5. The normalized spacial score (nSPS) is 12.1. The van der Waals surface area contributed by atoms with E-state index in [0.717, 1.165) is 0 Å². The van der Waals surface area contributed by atoms with Crippen molar-refractivity contribution in [2.75, 3.05) is 0 Å². The average molecular weight is 380 g/mol. The van der Waals surface area contributed by atoms with Gasteiger partial charge in [0.2, 0.25) is 11.2 Å². The summed E-state index contributed by atoms with van der Waals surface area (Å²) in [5.41, 5.74) is -1.24. The summed E-state index contributed by atoms with van der Waals surface area (Å²) in [6.07, 6.45) is 3.33. The van der Waals surface area contributed by atoms with E-state index in [2.05, 4.69) is 13.2 Å². The average Bonchev–Trinajstić information content (AvgIpc) is 2.63. The van der Waals surface area contributed by atoms with E-state index in [1.807, 2.05) is 27.7 Å². The molecule has 146 valence electrons. The lowest BCUT2D eigenvalue weighted by Gasteiger charge is -2.28. The molecule has 0 amide bonds. The highest BCUT2D eigenvalue weighted by Crippen LogP contribution is 2.40. The van der Waals surface area contributed by atoms with Crippen molar-refractivity contribution in [1.29, 1.82) is 0 Å². The molecular formula is C23H24O5. The molecular weight excluding hydrogens is 356 g/mol. The molecule has 0 unspecified atom stereocenters. The number of hydrogen-bond donors (Lipinski definition) is 1. The Hall–Kier alpha value is -3.21. The molecule has 0 saturated heterocycles. The van der Waals surface area contributed by atoms with Gasteiger partial charge in [0.15, 0.2) is 11.3 Å². The van der Waals surface area contributed by atoms with Crippen LogP contribution in [-0.4, -0.2) is 16.3 Å². The van der Waals surface area contributed by atoms with E-state index in [9.17, 15) is 9.90 Å². The van der Waals surface area contributed by atoms with Crippen LogP contribution in [0.2, 0.25) is 0 Å². The standard InChI is InChI=1S/C23H24O5/c1-7-22(3,4)27-17-13-12-14-19(25)18-15(24)10-9-11-16(18)26-20(14)21(17)28-23(5,6)8-2/h7-13,24H,1-2H2,3-6H3. The van der Waals surface area contributed by atoms with Gasteiger partial charge in [-0.25, -0.2) is 0 Å². The molecule has 0 atom stereocenters. The Labute approximate surface area is 163 Å². The molecule has 0 aliphatic rings. The van der Waals surface area contributed by atoms with Gasteiger partial charge in [-0.1, -0.05) is 19.2 Å². The predicted octanol–water partition coefficient (Wildman–Crippen LogP) is 5.34. The zero-order chi connectivity index (χ0) is 20.7. The summed E-state index contributed by atoms with van der Waals surface area (Å²) in [6, 6.07) is 7.95. The molecule has 0 fully saturated rings. The minimum Gasteiger partial charge on any atom is -0.507 e. The number of phenols is 1. The van der Waals surface area contributed by atoms with Crippen molar-refractivity contribution >= 4 is 21.9 Å². The van der Waals surface area contributed by atoms with E-state index in [0.29, 0.717) is 11.5 Å². The molecule has 0 aliphatic carbocycles. The lowest BCUT2D eigenvalue weighted by molar-refractivity contribution is 0.125. The lowest BCUT2D eigenvalue weighted by Crippen LogP contribution is -2.28. The maximum atomic E-state index is 13.0. The van der Waals surface area contributed by atoms with Gasteiger partial charge in [0.25, 0.3) is 0 Å². The summed E-state index contributed by atoms with van der Waals surface area (Å²) >= 11 is 0. The summed E-state index contributed by atoms with van der Waals surface area (Å²) < 4.78 is 18.2. The Balaban J connectivity index is 2.39. The second-order valence-corrected chi connectivity index (χ2v) is 7.67. The molecule has 28 heavy (non-hydrogen) atoms. The molecule has 3 rings (SSSR count). The van der Waals surface area contributed by atoms with Crippen LogP contribution >= 0.6 is 0 Å². The van der Waals surface area contributed by atoms with E-state index < -0.39 is 11.2 Å². The monoisotopic (exact) mass is 380 g/mol. The van der Waals surface area contributed by atoms with Crippen molar-refractivity contribution in [3.63, 3.8) is 0 Å². The van der Waals surface area contributed by atoms with Crippen LogP contribution in [0.3, 0.4) is 0 Å². The zero-order valence-electron chi connectivity index (χ0n) is 16.5. The molecule has 0 spiro atoms. The molecule has 1 heterocycles. The van der Waals surface area contributed by atoms with Gasteiger partial charge in [-0.15, -0.1) is 0 Å². The number of aromatic hydroxyl groups is 1. The van der Waals surface area contributed by atoms with E-state index in [1.54, 1.807) is 36.4 Å². The van der Waals surface area contributed by atoms with Crippen molar-refractivity contribution in [3.05, 3.63) is 65.9 Å². The van der Waals surface area contributed by atoms with Gasteiger partial charge in [0, 0.05) is 0 Å². The summed E-state index contributed by atoms with van der Waals surface area (Å²) in [4.78, 5) is 13.0. The van der Waals surface area contributed by atoms with E-state index >= 15 is 0 Å². The summed E-state index contributed by atoms with van der Waals surface area (Å²) in [5.74, 6) is 0.574. The van der Waals surface area contributed by atoms with E-state index in [4.69, 9.17) is 13.9 Å². The predicted molar refractivity (Wildman–Crippen MR) is 111 cm³/mol. The largest absolute Gasteiger partial charge is 0.507 e. The number of ether oxygens (including phenoxy) is 2. The summed E-state index contributed by atoms with van der Waals surface area (Å²) in [7, 11) is 0. The van der Waals surface area contributed by atoms with Crippen LogP contribution in [0, 0.1) is 0 Å². The highest BCUT2D eigenvalue weighted by atomic mass is 16.5. The van der Waals surface area contributed by atoms with Gasteiger partial charge >= 0.3 is 0 Å². The van der Waals surface area contributed by atoms with Gasteiger partial charge in [-0.2, -0.15) is 0 Å². The first-order valence-electron chi connectivity index (χ1n) is 8.95. The van der Waals surface area contributed by atoms with Crippen molar-refractivity contribution < 1.29 is 19.0 Å². The Bertz CT molecular complexity index is 1140. The highest BCUT2D eigenvalue weighted by molar-refractivity contribution is 5.96. The quantitative estimate of drug-likeness (QED) is 0.462. The summed E-state index contributed by atoms with van der Waals surface area (Å²) in [5, 5.41) is 10.5. The van der Waals surface area contributed by atoms with Crippen LogP contribution in [-0.2, 0) is 0 Å². The maximum absolute atomic E-state index is 13.0. The second kappa shape index (κ2) is 6.75. The summed E-state index contributed by atoms with van der Waals surface area (Å²) in [6.45, 7) is 15.0. The van der Waals surface area contributed by atoms with Crippen molar-refractivity contribution in [2.24, 2.45) is 0 Å². The second-order valence-electron chi connectivity index (χ2n) is 7.67. The fourth-order valence-electron chi connectivity index (χ4n) is 2.71. The third kappa shape index (κ3) is 3.48. The molecule has 0 aliphatic heterocycles. The Morgan fingerprint density at radius 1 is 1.00 bits per heavy atom. The van der Waals surface area contributed by atoms with E-state index in [1.165, 1.54) is 6.07 Å². The van der Waals surface area contributed by atoms with Crippen LogP contribution in [0.25, 0.3) is 21.9 Å². The van der Waals surface area contributed by atoms with Crippen LogP contribution in [0.1, 0.15) is 27.7 Å².